The Morgan fingerprint density at radius 3 is 2.71 bits per heavy atom. The Morgan fingerprint density at radius 1 is 1.33 bits per heavy atom. The van der Waals surface area contributed by atoms with Crippen molar-refractivity contribution in [2.24, 2.45) is 0 Å². The number of ether oxygens (including phenoxy) is 1. The highest BCUT2D eigenvalue weighted by Gasteiger charge is 2.17. The van der Waals surface area contributed by atoms with Crippen LogP contribution in [0.2, 0.25) is 0 Å². The molecule has 0 fully saturated rings. The highest BCUT2D eigenvalue weighted by atomic mass is 16.6. The van der Waals surface area contributed by atoms with Crippen LogP contribution in [0.5, 0.6) is 5.75 Å². The zero-order chi connectivity index (χ0) is 17.7. The number of pyridine rings is 1. The predicted octanol–water partition coefficient (Wildman–Crippen LogP) is 2.40. The Bertz CT molecular complexity index is 774. The topological polar surface area (TPSA) is 85.3 Å². The molecule has 1 aromatic heterocycles. The summed E-state index contributed by atoms with van der Waals surface area (Å²) in [4.78, 5) is 22.7. The molecule has 2 rings (SSSR count). The standard InChI is InChI=1S/C17H19N3O4/c1-4-13-6-5-12(2)19(10-13)11-17(21)18-15-9-14(20(22)23)7-8-16(15)24-3/h5-10H,4,11H2,1-3H3/p+1. The minimum absolute atomic E-state index is 0.108. The maximum Gasteiger partial charge on any atom is 0.290 e. The summed E-state index contributed by atoms with van der Waals surface area (Å²) in [5.74, 6) is 0.0909. The van der Waals surface area contributed by atoms with Gasteiger partial charge in [0, 0.05) is 30.7 Å². The molecule has 1 N–H and O–H groups in total. The van der Waals surface area contributed by atoms with Gasteiger partial charge in [-0.2, -0.15) is 4.57 Å². The van der Waals surface area contributed by atoms with Crippen molar-refractivity contribution < 1.29 is 19.0 Å². The second-order valence-corrected chi connectivity index (χ2v) is 5.35. The van der Waals surface area contributed by atoms with Gasteiger partial charge in [-0.15, -0.1) is 0 Å². The molecule has 24 heavy (non-hydrogen) atoms. The van der Waals surface area contributed by atoms with Gasteiger partial charge in [-0.25, -0.2) is 0 Å². The third-order valence-electron chi connectivity index (χ3n) is 3.70. The molecular formula is C17H20N3O4+. The van der Waals surface area contributed by atoms with Gasteiger partial charge in [-0.1, -0.05) is 6.92 Å². The van der Waals surface area contributed by atoms with Crippen LogP contribution in [0.1, 0.15) is 18.2 Å². The zero-order valence-corrected chi connectivity index (χ0v) is 13.9. The van der Waals surface area contributed by atoms with Gasteiger partial charge in [0.15, 0.2) is 11.9 Å². The van der Waals surface area contributed by atoms with Crippen molar-refractivity contribution in [2.45, 2.75) is 26.8 Å². The summed E-state index contributed by atoms with van der Waals surface area (Å²) in [6.45, 7) is 4.08. The normalized spacial score (nSPS) is 10.3. The number of nitrogens with zero attached hydrogens (tertiary/aromatic N) is 2. The van der Waals surface area contributed by atoms with Gasteiger partial charge in [0.2, 0.25) is 6.54 Å². The second-order valence-electron chi connectivity index (χ2n) is 5.35. The third kappa shape index (κ3) is 4.07. The van der Waals surface area contributed by atoms with Crippen molar-refractivity contribution in [1.82, 2.24) is 0 Å². The van der Waals surface area contributed by atoms with Crippen molar-refractivity contribution >= 4 is 17.3 Å². The summed E-state index contributed by atoms with van der Waals surface area (Å²) in [6, 6.07) is 8.06. The van der Waals surface area contributed by atoms with E-state index < -0.39 is 4.92 Å². The first-order valence-corrected chi connectivity index (χ1v) is 7.55. The molecule has 7 nitrogen and oxygen atoms in total. The molecule has 1 aromatic carbocycles. The molecule has 0 saturated carbocycles. The van der Waals surface area contributed by atoms with E-state index in [1.165, 1.54) is 25.3 Å². The Hall–Kier alpha value is -2.96. The summed E-state index contributed by atoms with van der Waals surface area (Å²) in [5.41, 5.74) is 2.25. The maximum absolute atomic E-state index is 12.3. The molecule has 0 spiro atoms. The van der Waals surface area contributed by atoms with Crippen LogP contribution in [-0.2, 0) is 17.8 Å². The van der Waals surface area contributed by atoms with E-state index in [0.717, 1.165) is 17.7 Å². The van der Waals surface area contributed by atoms with Crippen LogP contribution in [0.3, 0.4) is 0 Å². The van der Waals surface area contributed by atoms with Gasteiger partial charge < -0.3 is 10.1 Å². The minimum Gasteiger partial charge on any atom is -0.495 e. The second kappa shape index (κ2) is 7.54. The number of non-ortho nitro benzene ring substituents is 1. The van der Waals surface area contributed by atoms with E-state index in [0.29, 0.717) is 5.75 Å². The number of carbonyl (C=O) groups is 1. The lowest BCUT2D eigenvalue weighted by Gasteiger charge is -2.09. The molecule has 1 heterocycles. The summed E-state index contributed by atoms with van der Waals surface area (Å²) >= 11 is 0. The molecule has 0 aliphatic carbocycles. The predicted molar refractivity (Wildman–Crippen MR) is 89.0 cm³/mol. The molecule has 0 atom stereocenters. The van der Waals surface area contributed by atoms with Crippen LogP contribution in [0.15, 0.2) is 36.5 Å². The fraction of sp³-hybridized carbons (Fsp3) is 0.294. The molecular weight excluding hydrogens is 310 g/mol. The van der Waals surface area contributed by atoms with Crippen LogP contribution in [-0.4, -0.2) is 17.9 Å². The number of carbonyl (C=O) groups excluding carboxylic acids is 1. The largest absolute Gasteiger partial charge is 0.495 e. The summed E-state index contributed by atoms with van der Waals surface area (Å²) in [7, 11) is 1.44. The number of amides is 1. The van der Waals surface area contributed by atoms with Gasteiger partial charge in [0.05, 0.1) is 17.7 Å². The first-order chi connectivity index (χ1) is 11.4. The van der Waals surface area contributed by atoms with Gasteiger partial charge in [-0.3, -0.25) is 14.9 Å². The first kappa shape index (κ1) is 17.4. The van der Waals surface area contributed by atoms with Crippen LogP contribution >= 0.6 is 0 Å². The highest BCUT2D eigenvalue weighted by Crippen LogP contribution is 2.28. The molecule has 0 unspecified atom stereocenters. The van der Waals surface area contributed by atoms with Crippen molar-refractivity contribution in [1.29, 1.82) is 0 Å². The van der Waals surface area contributed by atoms with E-state index in [2.05, 4.69) is 5.32 Å². The van der Waals surface area contributed by atoms with Gasteiger partial charge in [-0.05, 0) is 18.6 Å². The number of methoxy groups -OCH3 is 1. The molecule has 0 radical (unpaired) electrons. The minimum atomic E-state index is -0.515. The van der Waals surface area contributed by atoms with Crippen LogP contribution < -0.4 is 14.6 Å². The Kier molecular flexibility index (Phi) is 5.47. The first-order valence-electron chi connectivity index (χ1n) is 7.55. The van der Waals surface area contributed by atoms with Crippen molar-refractivity contribution in [2.75, 3.05) is 12.4 Å². The Balaban J connectivity index is 2.20. The van der Waals surface area contributed by atoms with E-state index in [1.54, 1.807) is 0 Å². The zero-order valence-electron chi connectivity index (χ0n) is 13.9. The molecule has 0 aliphatic rings. The van der Waals surface area contributed by atoms with Gasteiger partial charge in [0.25, 0.3) is 11.6 Å². The van der Waals surface area contributed by atoms with Crippen molar-refractivity contribution in [3.63, 3.8) is 0 Å². The van der Waals surface area contributed by atoms with Crippen LogP contribution in [0.4, 0.5) is 11.4 Å². The smallest absolute Gasteiger partial charge is 0.290 e. The average molecular weight is 330 g/mol. The lowest BCUT2D eigenvalue weighted by molar-refractivity contribution is -0.690. The summed E-state index contributed by atoms with van der Waals surface area (Å²) in [6.07, 6.45) is 2.81. The molecule has 0 bridgehead atoms. The maximum atomic E-state index is 12.3. The summed E-state index contributed by atoms with van der Waals surface area (Å²) in [5, 5.41) is 13.6. The lowest BCUT2D eigenvalue weighted by atomic mass is 10.2. The number of aryl methyl sites for hydroxylation is 2. The number of aromatic nitrogens is 1. The van der Waals surface area contributed by atoms with Gasteiger partial charge >= 0.3 is 0 Å². The number of hydrogen-bond acceptors (Lipinski definition) is 4. The Morgan fingerprint density at radius 2 is 2.08 bits per heavy atom. The van der Waals surface area contributed by atoms with Gasteiger partial charge in [0.1, 0.15) is 5.75 Å². The molecule has 7 heteroatoms. The third-order valence-corrected chi connectivity index (χ3v) is 3.70. The molecule has 0 saturated heterocycles. The molecule has 0 aliphatic heterocycles. The van der Waals surface area contributed by atoms with E-state index in [9.17, 15) is 14.9 Å². The number of nitro benzene ring substituents is 1. The van der Waals surface area contributed by atoms with Crippen molar-refractivity contribution in [3.8, 4) is 5.75 Å². The number of benzene rings is 1. The fourth-order valence-corrected chi connectivity index (χ4v) is 2.30. The Labute approximate surface area is 140 Å². The van der Waals surface area contributed by atoms with Crippen LogP contribution in [0.25, 0.3) is 0 Å². The molecule has 1 amide bonds. The van der Waals surface area contributed by atoms with E-state index in [-0.39, 0.29) is 23.8 Å². The molecule has 126 valence electrons. The highest BCUT2D eigenvalue weighted by molar-refractivity contribution is 5.91. The number of anilines is 1. The van der Waals surface area contributed by atoms with Crippen molar-refractivity contribution in [3.05, 3.63) is 57.9 Å². The SMILES string of the molecule is CCc1ccc(C)[n+](CC(=O)Nc2cc([N+](=O)[O-])ccc2OC)c1. The lowest BCUT2D eigenvalue weighted by Crippen LogP contribution is -2.43. The average Bonchev–Trinajstić information content (AvgIpc) is 2.56. The van der Waals surface area contributed by atoms with E-state index in [4.69, 9.17) is 4.74 Å². The fourth-order valence-electron chi connectivity index (χ4n) is 2.30. The quantitative estimate of drug-likeness (QED) is 0.501. The monoisotopic (exact) mass is 330 g/mol. The number of nitro groups is 1. The number of rotatable bonds is 6. The van der Waals surface area contributed by atoms with E-state index >= 15 is 0 Å². The number of nitrogens with one attached hydrogen (secondary N) is 1. The van der Waals surface area contributed by atoms with E-state index in [1.807, 2.05) is 36.7 Å². The summed E-state index contributed by atoms with van der Waals surface area (Å²) < 4.78 is 6.99. The number of hydrogen-bond donors (Lipinski definition) is 1. The molecule has 2 aromatic rings. The van der Waals surface area contributed by atoms with Crippen LogP contribution in [0, 0.1) is 17.0 Å².